The highest BCUT2D eigenvalue weighted by Gasteiger charge is 2.42. The minimum Gasteiger partial charge on any atom is -0.497 e. The fourth-order valence-corrected chi connectivity index (χ4v) is 3.39. The number of rotatable bonds is 5. The highest BCUT2D eigenvalue weighted by molar-refractivity contribution is 5.84. The monoisotopic (exact) mass is 353 g/mol. The van der Waals surface area contributed by atoms with E-state index in [2.05, 4.69) is 4.98 Å². The van der Waals surface area contributed by atoms with Gasteiger partial charge < -0.3 is 20.0 Å². The first-order chi connectivity index (χ1) is 12.5. The van der Waals surface area contributed by atoms with Crippen LogP contribution in [0, 0.1) is 0 Å². The molecule has 7 heteroatoms. The number of nitrogens with two attached hydrogens (primary N) is 1. The van der Waals surface area contributed by atoms with Crippen molar-refractivity contribution < 1.29 is 19.1 Å². The van der Waals surface area contributed by atoms with Crippen molar-refractivity contribution in [1.29, 1.82) is 0 Å². The third-order valence-electron chi connectivity index (χ3n) is 4.81. The van der Waals surface area contributed by atoms with Crippen LogP contribution in [0.1, 0.15) is 16.9 Å². The number of methoxy groups -OCH3 is 1. The van der Waals surface area contributed by atoms with Crippen molar-refractivity contribution in [3.05, 3.63) is 59.6 Å². The lowest BCUT2D eigenvalue weighted by Crippen LogP contribution is -2.52. The summed E-state index contributed by atoms with van der Waals surface area (Å²) in [7, 11) is 1.63. The summed E-state index contributed by atoms with van der Waals surface area (Å²) >= 11 is 0. The van der Waals surface area contributed by atoms with Crippen molar-refractivity contribution >= 4 is 16.9 Å². The summed E-state index contributed by atoms with van der Waals surface area (Å²) in [5.41, 5.74) is 7.50. The lowest BCUT2D eigenvalue weighted by molar-refractivity contribution is -0.145. The first-order valence-corrected chi connectivity index (χ1v) is 8.24. The van der Waals surface area contributed by atoms with Crippen LogP contribution in [-0.4, -0.2) is 34.6 Å². The van der Waals surface area contributed by atoms with E-state index >= 15 is 0 Å². The molecule has 1 atom stereocenters. The fourth-order valence-electron chi connectivity index (χ4n) is 3.39. The Morgan fingerprint density at radius 3 is 2.88 bits per heavy atom. The van der Waals surface area contributed by atoms with E-state index in [-0.39, 0.29) is 12.3 Å². The van der Waals surface area contributed by atoms with Gasteiger partial charge in [-0.25, -0.2) is 4.79 Å². The molecule has 1 aromatic carbocycles. The first-order valence-electron chi connectivity index (χ1n) is 8.24. The van der Waals surface area contributed by atoms with Gasteiger partial charge in [0.05, 0.1) is 7.11 Å². The van der Waals surface area contributed by atoms with Gasteiger partial charge in [-0.1, -0.05) is 6.07 Å². The van der Waals surface area contributed by atoms with Crippen molar-refractivity contribution in [3.8, 4) is 5.75 Å². The predicted molar refractivity (Wildman–Crippen MR) is 94.6 cm³/mol. The number of pyridine rings is 1. The molecular formula is C19H19N3O4. The molecule has 3 aromatic rings. The number of nitrogens with zero attached hydrogens (tertiary/aromatic N) is 2. The highest BCUT2D eigenvalue weighted by Crippen LogP contribution is 2.32. The number of hydrogen-bond acceptors (Lipinski definition) is 6. The van der Waals surface area contributed by atoms with Gasteiger partial charge in [-0.15, -0.1) is 0 Å². The van der Waals surface area contributed by atoms with Gasteiger partial charge >= 0.3 is 5.97 Å². The number of carboxylic acid groups (broad SMARTS) is 1. The molecule has 0 saturated carbocycles. The number of carboxylic acids is 1. The number of ether oxygens (including phenoxy) is 1. The number of aromatic nitrogens is 1. The molecule has 0 spiro atoms. The molecular weight excluding hydrogens is 334 g/mol. The molecule has 0 radical (unpaired) electrons. The van der Waals surface area contributed by atoms with Crippen LogP contribution in [0.15, 0.2) is 47.1 Å². The van der Waals surface area contributed by atoms with Gasteiger partial charge in [0, 0.05) is 37.4 Å². The number of furan rings is 1. The quantitative estimate of drug-likeness (QED) is 0.724. The van der Waals surface area contributed by atoms with E-state index in [0.29, 0.717) is 18.7 Å². The van der Waals surface area contributed by atoms with Crippen LogP contribution in [-0.2, 0) is 23.4 Å². The van der Waals surface area contributed by atoms with Crippen LogP contribution in [0.25, 0.3) is 11.0 Å². The molecule has 0 saturated heterocycles. The molecule has 0 aliphatic carbocycles. The molecule has 1 unspecified atom stereocenters. The van der Waals surface area contributed by atoms with E-state index in [9.17, 15) is 9.90 Å². The molecule has 0 amide bonds. The van der Waals surface area contributed by atoms with Crippen molar-refractivity contribution in [1.82, 2.24) is 9.88 Å². The molecule has 7 nitrogen and oxygen atoms in total. The second-order valence-corrected chi connectivity index (χ2v) is 6.58. The lowest BCUT2D eigenvalue weighted by Gasteiger charge is -2.27. The van der Waals surface area contributed by atoms with Crippen LogP contribution in [0.2, 0.25) is 0 Å². The van der Waals surface area contributed by atoms with Crippen molar-refractivity contribution in [2.75, 3.05) is 13.7 Å². The Kier molecular flexibility index (Phi) is 3.90. The maximum Gasteiger partial charge on any atom is 0.333 e. The Hall–Kier alpha value is -2.90. The maximum absolute atomic E-state index is 12.0. The molecule has 3 heterocycles. The van der Waals surface area contributed by atoms with E-state index in [4.69, 9.17) is 14.9 Å². The minimum atomic E-state index is -1.65. The number of fused-ring (bicyclic) bond motifs is 2. The summed E-state index contributed by atoms with van der Waals surface area (Å²) in [4.78, 5) is 18.0. The molecule has 1 aliphatic rings. The zero-order valence-corrected chi connectivity index (χ0v) is 14.3. The number of carbonyl (C=O) groups is 1. The Morgan fingerprint density at radius 1 is 1.35 bits per heavy atom. The van der Waals surface area contributed by atoms with E-state index in [1.54, 1.807) is 31.6 Å². The second kappa shape index (κ2) is 6.12. The Balaban J connectivity index is 1.62. The number of hydrogen-bond donors (Lipinski definition) is 2. The average Bonchev–Trinajstić information content (AvgIpc) is 3.24. The van der Waals surface area contributed by atoms with E-state index in [1.807, 2.05) is 23.1 Å². The van der Waals surface area contributed by atoms with Crippen LogP contribution in [0.3, 0.4) is 0 Å². The highest BCUT2D eigenvalue weighted by atomic mass is 16.5. The predicted octanol–water partition coefficient (Wildman–Crippen LogP) is 2.09. The van der Waals surface area contributed by atoms with Crippen molar-refractivity contribution in [3.63, 3.8) is 0 Å². The number of benzene rings is 1. The van der Waals surface area contributed by atoms with Gasteiger partial charge in [0.2, 0.25) is 0 Å². The largest absolute Gasteiger partial charge is 0.497 e. The van der Waals surface area contributed by atoms with Gasteiger partial charge in [0.15, 0.2) is 5.54 Å². The molecule has 4 rings (SSSR count). The average molecular weight is 353 g/mol. The van der Waals surface area contributed by atoms with Crippen LogP contribution in [0.5, 0.6) is 5.75 Å². The van der Waals surface area contributed by atoms with Crippen LogP contribution < -0.4 is 10.5 Å². The Bertz CT molecular complexity index is 951. The Morgan fingerprint density at radius 2 is 2.15 bits per heavy atom. The second-order valence-electron chi connectivity index (χ2n) is 6.58. The molecule has 0 bridgehead atoms. The van der Waals surface area contributed by atoms with Gasteiger partial charge in [-0.3, -0.25) is 9.88 Å². The Labute approximate surface area is 150 Å². The molecule has 2 aromatic heterocycles. The normalized spacial score (nSPS) is 16.4. The number of aliphatic carboxylic acids is 1. The van der Waals surface area contributed by atoms with Gasteiger partial charge in [0.25, 0.3) is 0 Å². The molecule has 1 aliphatic heterocycles. The SMILES string of the molecule is COc1ccc2c(c1)CN(CC(N)(C(=O)O)c1cc3cnccc3o1)C2. The smallest absolute Gasteiger partial charge is 0.333 e. The minimum absolute atomic E-state index is 0.132. The summed E-state index contributed by atoms with van der Waals surface area (Å²) in [5.74, 6) is -0.118. The topological polar surface area (TPSA) is 102 Å². The van der Waals surface area contributed by atoms with Gasteiger partial charge in [0.1, 0.15) is 17.1 Å². The summed E-state index contributed by atoms with van der Waals surface area (Å²) in [6, 6.07) is 9.23. The van der Waals surface area contributed by atoms with Crippen LogP contribution in [0.4, 0.5) is 0 Å². The third-order valence-corrected chi connectivity index (χ3v) is 4.81. The molecule has 0 fully saturated rings. The molecule has 26 heavy (non-hydrogen) atoms. The zero-order valence-electron chi connectivity index (χ0n) is 14.3. The lowest BCUT2D eigenvalue weighted by atomic mass is 9.96. The molecule has 3 N–H and O–H groups in total. The summed E-state index contributed by atoms with van der Waals surface area (Å²) in [5, 5.41) is 10.6. The van der Waals surface area contributed by atoms with Crippen molar-refractivity contribution in [2.45, 2.75) is 18.6 Å². The summed E-state index contributed by atoms with van der Waals surface area (Å²) < 4.78 is 11.0. The van der Waals surface area contributed by atoms with Gasteiger partial charge in [-0.05, 0) is 35.4 Å². The maximum atomic E-state index is 12.0. The summed E-state index contributed by atoms with van der Waals surface area (Å²) in [6.45, 7) is 1.38. The standard InChI is InChI=1S/C19H19N3O4/c1-25-15-3-2-12-9-22(10-14(12)6-15)11-19(20,18(23)24)17-7-13-8-21-5-4-16(13)26-17/h2-8H,9-11,20H2,1H3,(H,23,24). The van der Waals surface area contributed by atoms with E-state index in [0.717, 1.165) is 22.3 Å². The van der Waals surface area contributed by atoms with Crippen molar-refractivity contribution in [2.24, 2.45) is 5.73 Å². The zero-order chi connectivity index (χ0) is 18.3. The first kappa shape index (κ1) is 16.6. The van der Waals surface area contributed by atoms with E-state index in [1.165, 1.54) is 0 Å². The third kappa shape index (κ3) is 2.71. The summed E-state index contributed by atoms with van der Waals surface area (Å²) in [6.07, 6.45) is 3.22. The van der Waals surface area contributed by atoms with Gasteiger partial charge in [-0.2, -0.15) is 0 Å². The van der Waals surface area contributed by atoms with E-state index < -0.39 is 11.5 Å². The van der Waals surface area contributed by atoms with Crippen LogP contribution >= 0.6 is 0 Å². The molecule has 134 valence electrons. The fraction of sp³-hybridized carbons (Fsp3) is 0.263.